The molecule has 2 aromatic carbocycles. The largest absolute Gasteiger partial charge is 0.507 e. The summed E-state index contributed by atoms with van der Waals surface area (Å²) in [5.41, 5.74) is 2.12. The molecule has 1 unspecified atom stereocenters. The Morgan fingerprint density at radius 2 is 1.81 bits per heavy atom. The topological polar surface area (TPSA) is 79.3 Å². The molecule has 1 saturated heterocycles. The minimum atomic E-state index is -0.687. The summed E-state index contributed by atoms with van der Waals surface area (Å²) in [6.45, 7) is 5.24. The van der Waals surface area contributed by atoms with Gasteiger partial charge < -0.3 is 24.4 Å². The second-order valence-electron chi connectivity index (χ2n) is 7.98. The Labute approximate surface area is 188 Å². The van der Waals surface area contributed by atoms with Crippen LogP contribution in [0.2, 0.25) is 0 Å². The highest BCUT2D eigenvalue weighted by atomic mass is 16.5. The van der Waals surface area contributed by atoms with Crippen molar-refractivity contribution < 1.29 is 24.2 Å². The summed E-state index contributed by atoms with van der Waals surface area (Å²) in [6.07, 6.45) is 0. The smallest absolute Gasteiger partial charge is 0.295 e. The molecule has 0 spiro atoms. The van der Waals surface area contributed by atoms with E-state index in [9.17, 15) is 14.7 Å². The van der Waals surface area contributed by atoms with Crippen LogP contribution in [0.25, 0.3) is 5.76 Å². The van der Waals surface area contributed by atoms with E-state index < -0.39 is 17.7 Å². The molecule has 1 aliphatic heterocycles. The Balaban J connectivity index is 2.12. The van der Waals surface area contributed by atoms with E-state index in [4.69, 9.17) is 9.47 Å². The number of hydrogen-bond acceptors (Lipinski definition) is 6. The van der Waals surface area contributed by atoms with Gasteiger partial charge in [-0.15, -0.1) is 0 Å². The number of nitrogens with zero attached hydrogens (tertiary/aromatic N) is 2. The molecule has 170 valence electrons. The summed E-state index contributed by atoms with van der Waals surface area (Å²) < 4.78 is 10.8. The highest BCUT2D eigenvalue weighted by molar-refractivity contribution is 6.46. The highest BCUT2D eigenvalue weighted by Crippen LogP contribution is 2.40. The second kappa shape index (κ2) is 9.87. The molecule has 7 nitrogen and oxygen atoms in total. The number of carbonyl (C=O) groups is 2. The number of likely N-dealkylation sites (tertiary alicyclic amines) is 1. The molecule has 3 rings (SSSR count). The van der Waals surface area contributed by atoms with Gasteiger partial charge >= 0.3 is 0 Å². The molecule has 0 bridgehead atoms. The van der Waals surface area contributed by atoms with Crippen LogP contribution in [0.4, 0.5) is 0 Å². The van der Waals surface area contributed by atoms with Crippen LogP contribution in [0.1, 0.15) is 29.7 Å². The summed E-state index contributed by atoms with van der Waals surface area (Å²) >= 11 is 0. The number of ketones is 1. The number of aryl methyl sites for hydroxylation is 1. The molecule has 1 fully saturated rings. The van der Waals surface area contributed by atoms with Gasteiger partial charge in [-0.1, -0.05) is 12.1 Å². The Kier molecular flexibility index (Phi) is 7.20. The Hall–Kier alpha value is -3.32. The lowest BCUT2D eigenvalue weighted by Crippen LogP contribution is -2.35. The summed E-state index contributed by atoms with van der Waals surface area (Å²) in [5, 5.41) is 11.2. The van der Waals surface area contributed by atoms with Gasteiger partial charge in [-0.3, -0.25) is 9.59 Å². The van der Waals surface area contributed by atoms with E-state index in [-0.39, 0.29) is 11.3 Å². The number of likely N-dealkylation sites (N-methyl/N-ethyl adjacent to an activating group) is 1. The minimum Gasteiger partial charge on any atom is -0.507 e. The first kappa shape index (κ1) is 23.3. The van der Waals surface area contributed by atoms with Gasteiger partial charge in [0, 0.05) is 18.7 Å². The fourth-order valence-corrected chi connectivity index (χ4v) is 3.82. The minimum absolute atomic E-state index is 0.0856. The number of carbonyl (C=O) groups excluding carboxylic acids is 2. The van der Waals surface area contributed by atoms with Crippen LogP contribution in [0.15, 0.2) is 48.0 Å². The SMILES string of the molecule is CCOc1ccc(C(O)=C2C(=O)C(=O)N(CCN(C)C)C2c2ccc(OC)cc2)cc1C. The Morgan fingerprint density at radius 3 is 2.38 bits per heavy atom. The third kappa shape index (κ3) is 4.62. The standard InChI is InChI=1S/C25H30N2O5/c1-6-32-20-12-9-18(15-16(20)2)23(28)21-22(17-7-10-19(31-5)11-8-17)27(14-13-26(3)4)25(30)24(21)29/h7-12,15,22,28H,6,13-14H2,1-5H3. The highest BCUT2D eigenvalue weighted by Gasteiger charge is 2.45. The van der Waals surface area contributed by atoms with E-state index in [0.29, 0.717) is 36.8 Å². The predicted octanol–water partition coefficient (Wildman–Crippen LogP) is 3.39. The molecule has 1 heterocycles. The van der Waals surface area contributed by atoms with Gasteiger partial charge in [-0.05, 0) is 69.4 Å². The first-order valence-electron chi connectivity index (χ1n) is 10.6. The van der Waals surface area contributed by atoms with Gasteiger partial charge in [0.25, 0.3) is 11.7 Å². The van der Waals surface area contributed by atoms with E-state index >= 15 is 0 Å². The van der Waals surface area contributed by atoms with Crippen LogP contribution in [0.5, 0.6) is 11.5 Å². The lowest BCUT2D eigenvalue weighted by molar-refractivity contribution is -0.140. The molecular formula is C25H30N2O5. The van der Waals surface area contributed by atoms with Crippen molar-refractivity contribution in [2.45, 2.75) is 19.9 Å². The average molecular weight is 439 g/mol. The number of rotatable bonds is 8. The zero-order chi connectivity index (χ0) is 23.4. The van der Waals surface area contributed by atoms with E-state index in [1.54, 1.807) is 37.4 Å². The van der Waals surface area contributed by atoms with Crippen LogP contribution in [-0.4, -0.2) is 67.5 Å². The van der Waals surface area contributed by atoms with Crippen molar-refractivity contribution in [1.29, 1.82) is 0 Å². The van der Waals surface area contributed by atoms with Gasteiger partial charge in [0.1, 0.15) is 17.3 Å². The monoisotopic (exact) mass is 438 g/mol. The van der Waals surface area contributed by atoms with Crippen molar-refractivity contribution in [2.24, 2.45) is 0 Å². The van der Waals surface area contributed by atoms with Crippen molar-refractivity contribution in [2.75, 3.05) is 40.9 Å². The van der Waals surface area contributed by atoms with Crippen LogP contribution in [0, 0.1) is 6.92 Å². The average Bonchev–Trinajstić information content (AvgIpc) is 3.03. The molecule has 0 aliphatic carbocycles. The molecular weight excluding hydrogens is 408 g/mol. The number of Topliss-reactive ketones (excluding diaryl/α,β-unsaturated/α-hetero) is 1. The quantitative estimate of drug-likeness (QED) is 0.387. The van der Waals surface area contributed by atoms with Crippen molar-refractivity contribution >= 4 is 17.4 Å². The maximum Gasteiger partial charge on any atom is 0.295 e. The first-order valence-corrected chi connectivity index (χ1v) is 10.6. The number of aliphatic hydroxyl groups is 1. The fraction of sp³-hybridized carbons (Fsp3) is 0.360. The molecule has 0 aromatic heterocycles. The second-order valence-corrected chi connectivity index (χ2v) is 7.98. The van der Waals surface area contributed by atoms with E-state index in [2.05, 4.69) is 0 Å². The lowest BCUT2D eigenvalue weighted by Gasteiger charge is -2.26. The lowest BCUT2D eigenvalue weighted by atomic mass is 9.94. The zero-order valence-electron chi connectivity index (χ0n) is 19.2. The zero-order valence-corrected chi connectivity index (χ0v) is 19.2. The van der Waals surface area contributed by atoms with Crippen molar-refractivity contribution in [1.82, 2.24) is 9.80 Å². The Bertz CT molecular complexity index is 1030. The molecule has 2 aromatic rings. The van der Waals surface area contributed by atoms with Gasteiger partial charge in [-0.2, -0.15) is 0 Å². The van der Waals surface area contributed by atoms with Gasteiger partial charge in [0.05, 0.1) is 25.3 Å². The van der Waals surface area contributed by atoms with E-state index in [1.165, 1.54) is 4.90 Å². The maximum absolute atomic E-state index is 13.1. The number of hydrogen-bond donors (Lipinski definition) is 1. The van der Waals surface area contributed by atoms with E-state index in [0.717, 1.165) is 11.1 Å². The summed E-state index contributed by atoms with van der Waals surface area (Å²) in [6, 6.07) is 11.7. The molecule has 0 saturated carbocycles. The molecule has 1 atom stereocenters. The number of ether oxygens (including phenoxy) is 2. The Morgan fingerprint density at radius 1 is 1.12 bits per heavy atom. The van der Waals surface area contributed by atoms with Crippen LogP contribution in [-0.2, 0) is 9.59 Å². The van der Waals surface area contributed by atoms with E-state index in [1.807, 2.05) is 45.0 Å². The van der Waals surface area contributed by atoms with Crippen molar-refractivity contribution in [3.05, 3.63) is 64.7 Å². The third-order valence-electron chi connectivity index (χ3n) is 5.51. The van der Waals surface area contributed by atoms with Gasteiger partial charge in [0.2, 0.25) is 0 Å². The molecule has 1 N–H and O–H groups in total. The van der Waals surface area contributed by atoms with Crippen molar-refractivity contribution in [3.8, 4) is 11.5 Å². The fourth-order valence-electron chi connectivity index (χ4n) is 3.82. The maximum atomic E-state index is 13.1. The number of aliphatic hydroxyl groups excluding tert-OH is 1. The third-order valence-corrected chi connectivity index (χ3v) is 5.51. The normalized spacial score (nSPS) is 17.8. The molecule has 1 aliphatic rings. The predicted molar refractivity (Wildman–Crippen MR) is 123 cm³/mol. The molecule has 1 amide bonds. The van der Waals surface area contributed by atoms with Gasteiger partial charge in [-0.25, -0.2) is 0 Å². The number of benzene rings is 2. The first-order chi connectivity index (χ1) is 15.3. The number of amides is 1. The summed E-state index contributed by atoms with van der Waals surface area (Å²) in [5.74, 6) is -0.114. The number of methoxy groups -OCH3 is 1. The molecule has 7 heteroatoms. The van der Waals surface area contributed by atoms with Crippen LogP contribution in [0.3, 0.4) is 0 Å². The molecule has 0 radical (unpaired) electrons. The summed E-state index contributed by atoms with van der Waals surface area (Å²) in [7, 11) is 5.38. The van der Waals surface area contributed by atoms with Gasteiger partial charge in [0.15, 0.2) is 0 Å². The van der Waals surface area contributed by atoms with Crippen LogP contribution >= 0.6 is 0 Å². The van der Waals surface area contributed by atoms with Crippen molar-refractivity contribution in [3.63, 3.8) is 0 Å². The van der Waals surface area contributed by atoms with Crippen LogP contribution < -0.4 is 9.47 Å². The summed E-state index contributed by atoms with van der Waals surface area (Å²) in [4.78, 5) is 29.5. The molecule has 32 heavy (non-hydrogen) atoms.